The molecule has 1 aromatic carbocycles. The molecule has 2 N–H and O–H groups in total. The summed E-state index contributed by atoms with van der Waals surface area (Å²) in [4.78, 5) is 14.2. The smallest absolute Gasteiger partial charge is 0.334 e. The van der Waals surface area contributed by atoms with Crippen LogP contribution in [0.3, 0.4) is 0 Å². The van der Waals surface area contributed by atoms with Gasteiger partial charge >= 0.3 is 6.18 Å². The summed E-state index contributed by atoms with van der Waals surface area (Å²) in [5, 5.41) is 7.61. The number of likely N-dealkylation sites (tertiary alicyclic amines) is 1. The molecule has 9 heteroatoms. The van der Waals surface area contributed by atoms with E-state index in [1.807, 2.05) is 6.92 Å². The van der Waals surface area contributed by atoms with Crippen molar-refractivity contribution in [1.82, 2.24) is 19.9 Å². The zero-order valence-corrected chi connectivity index (χ0v) is 13.6. The second-order valence-corrected chi connectivity index (χ2v) is 6.23. The Morgan fingerprint density at radius 3 is 2.80 bits per heavy atom. The van der Waals surface area contributed by atoms with Crippen LogP contribution >= 0.6 is 0 Å². The summed E-state index contributed by atoms with van der Waals surface area (Å²) in [6.45, 7) is 2.44. The lowest BCUT2D eigenvalue weighted by Crippen LogP contribution is -2.48. The Balaban J connectivity index is 1.82. The predicted molar refractivity (Wildman–Crippen MR) is 84.1 cm³/mol. The van der Waals surface area contributed by atoms with Crippen LogP contribution in [-0.4, -0.2) is 44.4 Å². The van der Waals surface area contributed by atoms with Crippen LogP contribution in [0.25, 0.3) is 5.69 Å². The van der Waals surface area contributed by atoms with Gasteiger partial charge in [-0.25, -0.2) is 4.68 Å². The van der Waals surface area contributed by atoms with E-state index in [1.54, 1.807) is 4.90 Å². The molecule has 2 heterocycles. The summed E-state index contributed by atoms with van der Waals surface area (Å²) in [7, 11) is 0. The van der Waals surface area contributed by atoms with Gasteiger partial charge in [0.1, 0.15) is 0 Å². The highest BCUT2D eigenvalue weighted by atomic mass is 19.4. The van der Waals surface area contributed by atoms with E-state index >= 15 is 0 Å². The molecule has 1 saturated heterocycles. The lowest BCUT2D eigenvalue weighted by Gasteiger charge is -2.35. The van der Waals surface area contributed by atoms with Crippen molar-refractivity contribution in [3.8, 4) is 5.69 Å². The molecule has 6 nitrogen and oxygen atoms in total. The van der Waals surface area contributed by atoms with Gasteiger partial charge in [-0.2, -0.15) is 13.2 Å². The Morgan fingerprint density at radius 1 is 1.36 bits per heavy atom. The standard InChI is InChI=1S/C16H18F3N5O/c1-10-7-12(20)5-6-23(10)15(25)14-9-24(22-21-14)13-4-2-3-11(8-13)16(17,18)19/h2-4,8-10,12H,5-7,20H2,1H3/t10-,12+/m1/s1. The first kappa shape index (κ1) is 17.4. The molecule has 1 amide bonds. The van der Waals surface area contributed by atoms with Crippen LogP contribution in [0.15, 0.2) is 30.5 Å². The number of halogens is 3. The molecule has 0 aliphatic carbocycles. The van der Waals surface area contributed by atoms with Gasteiger partial charge in [0.25, 0.3) is 5.91 Å². The first-order chi connectivity index (χ1) is 11.8. The highest BCUT2D eigenvalue weighted by Gasteiger charge is 2.31. The number of carbonyl (C=O) groups is 1. The second-order valence-electron chi connectivity index (χ2n) is 6.23. The first-order valence-electron chi connectivity index (χ1n) is 7.92. The highest BCUT2D eigenvalue weighted by Crippen LogP contribution is 2.30. The summed E-state index contributed by atoms with van der Waals surface area (Å²) >= 11 is 0. The molecular weight excluding hydrogens is 335 g/mol. The third-order valence-corrected chi connectivity index (χ3v) is 4.33. The van der Waals surface area contributed by atoms with Crippen LogP contribution in [0.1, 0.15) is 35.8 Å². The van der Waals surface area contributed by atoms with Gasteiger partial charge in [-0.15, -0.1) is 5.10 Å². The van der Waals surface area contributed by atoms with E-state index < -0.39 is 11.7 Å². The van der Waals surface area contributed by atoms with Gasteiger partial charge in [0.15, 0.2) is 5.69 Å². The Bertz CT molecular complexity index is 773. The Hall–Kier alpha value is -2.42. The Kier molecular flexibility index (Phi) is 4.51. The normalized spacial score (nSPS) is 21.4. The van der Waals surface area contributed by atoms with Crippen molar-refractivity contribution in [3.63, 3.8) is 0 Å². The van der Waals surface area contributed by atoms with Crippen molar-refractivity contribution >= 4 is 5.91 Å². The quantitative estimate of drug-likeness (QED) is 0.898. The highest BCUT2D eigenvalue weighted by molar-refractivity contribution is 5.92. The van der Waals surface area contributed by atoms with Crippen molar-refractivity contribution in [2.24, 2.45) is 5.73 Å². The fourth-order valence-electron chi connectivity index (χ4n) is 2.97. The van der Waals surface area contributed by atoms with Gasteiger partial charge in [0.05, 0.1) is 17.4 Å². The van der Waals surface area contributed by atoms with Crippen LogP contribution in [0.2, 0.25) is 0 Å². The van der Waals surface area contributed by atoms with E-state index in [2.05, 4.69) is 10.3 Å². The van der Waals surface area contributed by atoms with Crippen molar-refractivity contribution in [2.75, 3.05) is 6.54 Å². The summed E-state index contributed by atoms with van der Waals surface area (Å²) < 4.78 is 39.6. The minimum Gasteiger partial charge on any atom is -0.334 e. The average Bonchev–Trinajstić information content (AvgIpc) is 3.04. The molecule has 1 aromatic heterocycles. The van der Waals surface area contributed by atoms with Crippen molar-refractivity contribution in [1.29, 1.82) is 0 Å². The maximum atomic E-state index is 12.8. The lowest BCUT2D eigenvalue weighted by atomic mass is 9.99. The number of nitrogens with zero attached hydrogens (tertiary/aromatic N) is 4. The molecule has 2 atom stereocenters. The summed E-state index contributed by atoms with van der Waals surface area (Å²) in [5.74, 6) is -0.294. The summed E-state index contributed by atoms with van der Waals surface area (Å²) in [6, 6.07) is 4.75. The second kappa shape index (κ2) is 6.47. The monoisotopic (exact) mass is 353 g/mol. The third-order valence-electron chi connectivity index (χ3n) is 4.33. The lowest BCUT2D eigenvalue weighted by molar-refractivity contribution is -0.137. The van der Waals surface area contributed by atoms with Gasteiger partial charge in [-0.05, 0) is 38.0 Å². The van der Waals surface area contributed by atoms with E-state index in [0.717, 1.165) is 12.1 Å². The molecule has 2 aromatic rings. The minimum absolute atomic E-state index is 0.0186. The maximum Gasteiger partial charge on any atom is 0.416 e. The Morgan fingerprint density at radius 2 is 2.12 bits per heavy atom. The van der Waals surface area contributed by atoms with Crippen molar-refractivity contribution in [3.05, 3.63) is 41.7 Å². The number of alkyl halides is 3. The molecule has 0 radical (unpaired) electrons. The van der Waals surface area contributed by atoms with E-state index in [9.17, 15) is 18.0 Å². The van der Waals surface area contributed by atoms with Crippen molar-refractivity contribution in [2.45, 2.75) is 38.0 Å². The molecule has 25 heavy (non-hydrogen) atoms. The zero-order chi connectivity index (χ0) is 18.2. The predicted octanol–water partition coefficient (Wildman–Crippen LogP) is 2.24. The molecule has 3 rings (SSSR count). The molecule has 134 valence electrons. The van der Waals surface area contributed by atoms with E-state index in [-0.39, 0.29) is 29.4 Å². The molecule has 0 unspecified atom stereocenters. The van der Waals surface area contributed by atoms with E-state index in [0.29, 0.717) is 19.4 Å². The van der Waals surface area contributed by atoms with Gasteiger partial charge in [-0.3, -0.25) is 4.79 Å². The number of benzene rings is 1. The number of rotatable bonds is 2. The summed E-state index contributed by atoms with van der Waals surface area (Å²) in [5.41, 5.74) is 5.40. The summed E-state index contributed by atoms with van der Waals surface area (Å²) in [6.07, 6.45) is -1.69. The third kappa shape index (κ3) is 3.65. The average molecular weight is 353 g/mol. The molecule has 0 spiro atoms. The van der Waals surface area contributed by atoms with Crippen LogP contribution in [0, 0.1) is 0 Å². The largest absolute Gasteiger partial charge is 0.416 e. The first-order valence-corrected chi connectivity index (χ1v) is 7.92. The minimum atomic E-state index is -4.45. The molecule has 1 aliphatic heterocycles. The SMILES string of the molecule is C[C@@H]1C[C@@H](N)CCN1C(=O)c1cn(-c2cccc(C(F)(F)F)c2)nn1. The number of nitrogens with two attached hydrogens (primary N) is 1. The number of hydrogen-bond acceptors (Lipinski definition) is 4. The van der Waals surface area contributed by atoms with Crippen LogP contribution in [-0.2, 0) is 6.18 Å². The maximum absolute atomic E-state index is 12.8. The van der Waals surface area contributed by atoms with E-state index in [4.69, 9.17) is 5.73 Å². The molecule has 1 fully saturated rings. The zero-order valence-electron chi connectivity index (χ0n) is 13.6. The van der Waals surface area contributed by atoms with E-state index in [1.165, 1.54) is 23.0 Å². The van der Waals surface area contributed by atoms with Crippen LogP contribution in [0.4, 0.5) is 13.2 Å². The van der Waals surface area contributed by atoms with Gasteiger partial charge in [0.2, 0.25) is 0 Å². The van der Waals surface area contributed by atoms with Crippen LogP contribution < -0.4 is 5.73 Å². The Labute approximate surface area is 142 Å². The number of carbonyl (C=O) groups excluding carboxylic acids is 1. The molecule has 0 bridgehead atoms. The van der Waals surface area contributed by atoms with Crippen molar-refractivity contribution < 1.29 is 18.0 Å². The molecule has 1 aliphatic rings. The number of aromatic nitrogens is 3. The van der Waals surface area contributed by atoms with Crippen LogP contribution in [0.5, 0.6) is 0 Å². The number of amides is 1. The number of hydrogen-bond donors (Lipinski definition) is 1. The fraction of sp³-hybridized carbons (Fsp3) is 0.438. The van der Waals surface area contributed by atoms with Gasteiger partial charge < -0.3 is 10.6 Å². The number of piperidine rings is 1. The molecular formula is C16H18F3N5O. The fourth-order valence-corrected chi connectivity index (χ4v) is 2.97. The molecule has 0 saturated carbocycles. The topological polar surface area (TPSA) is 77.0 Å². The van der Waals surface area contributed by atoms with Gasteiger partial charge in [-0.1, -0.05) is 11.3 Å². The van der Waals surface area contributed by atoms with Gasteiger partial charge in [0, 0.05) is 18.6 Å².